The molecule has 0 spiro atoms. The molecule has 1 rings (SSSR count). The molecule has 1 fully saturated rings. The van der Waals surface area contributed by atoms with E-state index in [1.165, 1.54) is 0 Å². The lowest BCUT2D eigenvalue weighted by Crippen LogP contribution is -2.36. The molecule has 1 saturated heterocycles. The highest BCUT2D eigenvalue weighted by molar-refractivity contribution is 5.84. The largest absolute Gasteiger partial charge is 0.385 e. The Balaban J connectivity index is 2.42. The van der Waals surface area contributed by atoms with Gasteiger partial charge in [-0.1, -0.05) is 20.3 Å². The normalized spacial score (nSPS) is 26.6. The molecular formula is C13H26N2O2. The Labute approximate surface area is 105 Å². The standard InChI is InChI=1S/C13H26N2O2/c1-5-10(2)12-13(16)15(11(3)14-12)8-6-7-9-17-4/h10-12,14H,5-9H2,1-4H3. The monoisotopic (exact) mass is 242 g/mol. The van der Waals surface area contributed by atoms with Gasteiger partial charge >= 0.3 is 0 Å². The first-order chi connectivity index (χ1) is 8.11. The third-order valence-electron chi connectivity index (χ3n) is 3.65. The summed E-state index contributed by atoms with van der Waals surface area (Å²) in [6, 6.07) is 0.0115. The molecule has 1 aliphatic heterocycles. The maximum absolute atomic E-state index is 12.2. The molecule has 1 aliphatic rings. The number of methoxy groups -OCH3 is 1. The molecule has 1 heterocycles. The Kier molecular flexibility index (Phi) is 5.92. The van der Waals surface area contributed by atoms with Gasteiger partial charge in [-0.3, -0.25) is 10.1 Å². The Morgan fingerprint density at radius 2 is 2.18 bits per heavy atom. The minimum absolute atomic E-state index is 0.0115. The van der Waals surface area contributed by atoms with E-state index in [0.29, 0.717) is 5.92 Å². The molecule has 0 aliphatic carbocycles. The van der Waals surface area contributed by atoms with Crippen LogP contribution in [-0.2, 0) is 9.53 Å². The molecular weight excluding hydrogens is 216 g/mol. The molecule has 4 heteroatoms. The molecule has 0 aromatic heterocycles. The molecule has 0 radical (unpaired) electrons. The maximum atomic E-state index is 12.2. The van der Waals surface area contributed by atoms with Gasteiger partial charge in [-0.05, 0) is 25.7 Å². The van der Waals surface area contributed by atoms with Crippen LogP contribution in [0.1, 0.15) is 40.0 Å². The number of rotatable bonds is 7. The fourth-order valence-electron chi connectivity index (χ4n) is 2.27. The third kappa shape index (κ3) is 3.68. The minimum Gasteiger partial charge on any atom is -0.385 e. The van der Waals surface area contributed by atoms with E-state index in [1.54, 1.807) is 7.11 Å². The lowest BCUT2D eigenvalue weighted by Gasteiger charge is -2.20. The van der Waals surface area contributed by atoms with Crippen LogP contribution in [0.5, 0.6) is 0 Å². The number of unbranched alkanes of at least 4 members (excludes halogenated alkanes) is 1. The lowest BCUT2D eigenvalue weighted by molar-refractivity contribution is -0.130. The van der Waals surface area contributed by atoms with E-state index >= 15 is 0 Å². The van der Waals surface area contributed by atoms with Crippen molar-refractivity contribution < 1.29 is 9.53 Å². The number of carbonyl (C=O) groups excluding carboxylic acids is 1. The summed E-state index contributed by atoms with van der Waals surface area (Å²) in [6.07, 6.45) is 3.23. The van der Waals surface area contributed by atoms with E-state index in [0.717, 1.165) is 32.4 Å². The van der Waals surface area contributed by atoms with Crippen molar-refractivity contribution in [3.63, 3.8) is 0 Å². The number of hydrogen-bond donors (Lipinski definition) is 1. The number of amides is 1. The van der Waals surface area contributed by atoms with Crippen LogP contribution >= 0.6 is 0 Å². The molecule has 0 aromatic carbocycles. The molecule has 4 nitrogen and oxygen atoms in total. The van der Waals surface area contributed by atoms with Gasteiger partial charge in [0.05, 0.1) is 12.2 Å². The molecule has 1 N–H and O–H groups in total. The van der Waals surface area contributed by atoms with Crippen molar-refractivity contribution in [1.82, 2.24) is 10.2 Å². The number of nitrogens with zero attached hydrogens (tertiary/aromatic N) is 1. The zero-order valence-corrected chi connectivity index (χ0v) is 11.5. The molecule has 0 saturated carbocycles. The highest BCUT2D eigenvalue weighted by Gasteiger charge is 2.38. The van der Waals surface area contributed by atoms with E-state index in [1.807, 2.05) is 4.90 Å². The maximum Gasteiger partial charge on any atom is 0.241 e. The van der Waals surface area contributed by atoms with Crippen LogP contribution in [-0.4, -0.2) is 43.3 Å². The van der Waals surface area contributed by atoms with Crippen molar-refractivity contribution in [2.75, 3.05) is 20.3 Å². The van der Waals surface area contributed by atoms with Gasteiger partial charge in [-0.15, -0.1) is 0 Å². The lowest BCUT2D eigenvalue weighted by atomic mass is 9.99. The number of nitrogens with one attached hydrogen (secondary N) is 1. The molecule has 0 bridgehead atoms. The second kappa shape index (κ2) is 6.97. The summed E-state index contributed by atoms with van der Waals surface area (Å²) in [6.45, 7) is 7.95. The van der Waals surface area contributed by atoms with Gasteiger partial charge in [0.25, 0.3) is 0 Å². The van der Waals surface area contributed by atoms with Gasteiger partial charge < -0.3 is 9.64 Å². The van der Waals surface area contributed by atoms with Gasteiger partial charge in [0.15, 0.2) is 0 Å². The fraction of sp³-hybridized carbons (Fsp3) is 0.923. The quantitative estimate of drug-likeness (QED) is 0.690. The molecule has 1 amide bonds. The van der Waals surface area contributed by atoms with Crippen molar-refractivity contribution in [2.45, 2.75) is 52.2 Å². The average molecular weight is 242 g/mol. The van der Waals surface area contributed by atoms with Crippen LogP contribution in [0.15, 0.2) is 0 Å². The summed E-state index contributed by atoms with van der Waals surface area (Å²) in [7, 11) is 1.71. The molecule has 0 aromatic rings. The van der Waals surface area contributed by atoms with E-state index in [-0.39, 0.29) is 18.1 Å². The smallest absolute Gasteiger partial charge is 0.241 e. The van der Waals surface area contributed by atoms with Crippen molar-refractivity contribution >= 4 is 5.91 Å². The van der Waals surface area contributed by atoms with Crippen LogP contribution in [0.4, 0.5) is 0 Å². The fourth-order valence-corrected chi connectivity index (χ4v) is 2.27. The number of hydrogen-bond acceptors (Lipinski definition) is 3. The van der Waals surface area contributed by atoms with Gasteiger partial charge in [0.1, 0.15) is 0 Å². The van der Waals surface area contributed by atoms with E-state index in [2.05, 4.69) is 26.1 Å². The number of carbonyl (C=O) groups is 1. The summed E-state index contributed by atoms with van der Waals surface area (Å²) in [5, 5.41) is 3.39. The number of ether oxygens (including phenoxy) is 1. The molecule has 100 valence electrons. The highest BCUT2D eigenvalue weighted by Crippen LogP contribution is 2.19. The first-order valence-electron chi connectivity index (χ1n) is 6.67. The first kappa shape index (κ1) is 14.5. The third-order valence-corrected chi connectivity index (χ3v) is 3.65. The topological polar surface area (TPSA) is 41.6 Å². The van der Waals surface area contributed by atoms with E-state index in [4.69, 9.17) is 4.74 Å². The molecule has 3 unspecified atom stereocenters. The zero-order chi connectivity index (χ0) is 12.8. The summed E-state index contributed by atoms with van der Waals surface area (Å²) in [5.74, 6) is 0.679. The molecule has 17 heavy (non-hydrogen) atoms. The summed E-state index contributed by atoms with van der Waals surface area (Å²) in [4.78, 5) is 14.2. The summed E-state index contributed by atoms with van der Waals surface area (Å²) < 4.78 is 5.02. The predicted molar refractivity (Wildman–Crippen MR) is 68.7 cm³/mol. The van der Waals surface area contributed by atoms with Gasteiger partial charge in [0, 0.05) is 20.3 Å². The minimum atomic E-state index is 0.0115. The van der Waals surface area contributed by atoms with Crippen LogP contribution in [0, 0.1) is 5.92 Å². The van der Waals surface area contributed by atoms with Crippen molar-refractivity contribution in [2.24, 2.45) is 5.92 Å². The van der Waals surface area contributed by atoms with Crippen LogP contribution in [0.2, 0.25) is 0 Å². The second-order valence-electron chi connectivity index (χ2n) is 4.94. The zero-order valence-electron chi connectivity index (χ0n) is 11.5. The Hall–Kier alpha value is -0.610. The van der Waals surface area contributed by atoms with Crippen molar-refractivity contribution in [3.8, 4) is 0 Å². The Morgan fingerprint density at radius 3 is 2.76 bits per heavy atom. The SMILES string of the molecule is CCC(C)C1NC(C)N(CCCCOC)C1=O. The van der Waals surface area contributed by atoms with Crippen LogP contribution in [0.25, 0.3) is 0 Å². The van der Waals surface area contributed by atoms with Gasteiger partial charge in [-0.25, -0.2) is 0 Å². The Bertz CT molecular complexity index is 246. The first-order valence-corrected chi connectivity index (χ1v) is 6.67. The van der Waals surface area contributed by atoms with Crippen molar-refractivity contribution in [3.05, 3.63) is 0 Å². The van der Waals surface area contributed by atoms with E-state index < -0.39 is 0 Å². The highest BCUT2D eigenvalue weighted by atomic mass is 16.5. The van der Waals surface area contributed by atoms with Crippen LogP contribution < -0.4 is 5.32 Å². The van der Waals surface area contributed by atoms with E-state index in [9.17, 15) is 4.79 Å². The average Bonchev–Trinajstić information content (AvgIpc) is 2.60. The second-order valence-corrected chi connectivity index (χ2v) is 4.94. The summed E-state index contributed by atoms with van der Waals surface area (Å²) >= 11 is 0. The summed E-state index contributed by atoms with van der Waals surface area (Å²) in [5.41, 5.74) is 0. The molecule has 3 atom stereocenters. The van der Waals surface area contributed by atoms with Crippen molar-refractivity contribution in [1.29, 1.82) is 0 Å². The van der Waals surface area contributed by atoms with Crippen LogP contribution in [0.3, 0.4) is 0 Å². The van der Waals surface area contributed by atoms with Gasteiger partial charge in [-0.2, -0.15) is 0 Å². The predicted octanol–water partition coefficient (Wildman–Crippen LogP) is 1.61. The van der Waals surface area contributed by atoms with Gasteiger partial charge in [0.2, 0.25) is 5.91 Å². The Morgan fingerprint density at radius 1 is 1.47 bits per heavy atom.